The van der Waals surface area contributed by atoms with Gasteiger partial charge in [0.2, 0.25) is 11.8 Å². The second-order valence-corrected chi connectivity index (χ2v) is 8.77. The van der Waals surface area contributed by atoms with E-state index in [0.717, 1.165) is 57.0 Å². The van der Waals surface area contributed by atoms with Crippen LogP contribution >= 0.6 is 11.8 Å². The van der Waals surface area contributed by atoms with Crippen LogP contribution in [-0.2, 0) is 9.59 Å². The molecule has 1 atom stereocenters. The third-order valence-electron chi connectivity index (χ3n) is 5.62. The van der Waals surface area contributed by atoms with E-state index in [-0.39, 0.29) is 17.9 Å². The number of nitrogens with one attached hydrogen (secondary N) is 1. The van der Waals surface area contributed by atoms with E-state index in [2.05, 4.69) is 21.2 Å². The average Bonchev–Trinajstić information content (AvgIpc) is 3.51. The lowest BCUT2D eigenvalue weighted by molar-refractivity contribution is -0.126. The van der Waals surface area contributed by atoms with E-state index >= 15 is 0 Å². The Hall–Kier alpha value is -1.57. The van der Waals surface area contributed by atoms with E-state index in [4.69, 9.17) is 0 Å². The van der Waals surface area contributed by atoms with E-state index in [9.17, 15) is 9.59 Å². The van der Waals surface area contributed by atoms with Crippen molar-refractivity contribution < 1.29 is 9.59 Å². The molecule has 1 aliphatic carbocycles. The third kappa shape index (κ3) is 4.47. The number of benzene rings is 1. The largest absolute Gasteiger partial charge is 0.352 e. The first kappa shape index (κ1) is 18.8. The van der Waals surface area contributed by atoms with Crippen LogP contribution in [0, 0.1) is 0 Å². The Kier molecular flexibility index (Phi) is 5.71. The van der Waals surface area contributed by atoms with Gasteiger partial charge < -0.3 is 10.2 Å². The van der Waals surface area contributed by atoms with E-state index < -0.39 is 0 Å². The van der Waals surface area contributed by atoms with Gasteiger partial charge >= 0.3 is 0 Å². The molecule has 0 spiro atoms. The minimum Gasteiger partial charge on any atom is -0.352 e. The van der Waals surface area contributed by atoms with Crippen LogP contribution in [0.3, 0.4) is 0 Å². The van der Waals surface area contributed by atoms with Crippen LogP contribution in [0.2, 0.25) is 0 Å². The first-order valence-electron chi connectivity index (χ1n) is 9.91. The van der Waals surface area contributed by atoms with E-state index in [0.29, 0.717) is 12.6 Å². The maximum absolute atomic E-state index is 13.1. The van der Waals surface area contributed by atoms with Gasteiger partial charge in [-0.2, -0.15) is 0 Å². The summed E-state index contributed by atoms with van der Waals surface area (Å²) in [6.45, 7) is 6.59. The molecule has 0 bridgehead atoms. The molecule has 2 aliphatic heterocycles. The van der Waals surface area contributed by atoms with Gasteiger partial charge in [-0.15, -0.1) is 11.8 Å². The molecule has 7 heteroatoms. The third-order valence-corrected chi connectivity index (χ3v) is 6.66. The first-order valence-corrected chi connectivity index (χ1v) is 10.9. The van der Waals surface area contributed by atoms with Crippen molar-refractivity contribution in [3.63, 3.8) is 0 Å². The van der Waals surface area contributed by atoms with Gasteiger partial charge in [0.05, 0.1) is 18.3 Å². The van der Waals surface area contributed by atoms with Crippen molar-refractivity contribution in [1.29, 1.82) is 0 Å². The lowest BCUT2D eigenvalue weighted by Crippen LogP contribution is -2.56. The number of para-hydroxylation sites is 1. The summed E-state index contributed by atoms with van der Waals surface area (Å²) in [4.78, 5) is 32.7. The minimum absolute atomic E-state index is 0.136. The Morgan fingerprint density at radius 3 is 2.63 bits per heavy atom. The zero-order chi connectivity index (χ0) is 18.8. The van der Waals surface area contributed by atoms with Gasteiger partial charge in [0.25, 0.3) is 0 Å². The fourth-order valence-corrected chi connectivity index (χ4v) is 4.79. The quantitative estimate of drug-likeness (QED) is 0.827. The summed E-state index contributed by atoms with van der Waals surface area (Å²) in [5, 5.41) is 3.05. The lowest BCUT2D eigenvalue weighted by Gasteiger charge is -2.39. The van der Waals surface area contributed by atoms with Crippen molar-refractivity contribution in [3.05, 3.63) is 24.3 Å². The van der Waals surface area contributed by atoms with Crippen molar-refractivity contribution in [1.82, 2.24) is 15.1 Å². The topological polar surface area (TPSA) is 55.9 Å². The Balaban J connectivity index is 1.31. The van der Waals surface area contributed by atoms with Crippen molar-refractivity contribution in [2.75, 3.05) is 49.9 Å². The molecule has 1 saturated heterocycles. The number of nitrogens with zero attached hydrogens (tertiary/aromatic N) is 3. The molecule has 1 aromatic rings. The fraction of sp³-hybridized carbons (Fsp3) is 0.600. The highest BCUT2D eigenvalue weighted by molar-refractivity contribution is 7.99. The van der Waals surface area contributed by atoms with Crippen LogP contribution in [-0.4, -0.2) is 78.7 Å². The maximum Gasteiger partial charge on any atom is 0.244 e. The standard InChI is InChI=1S/C20H28N4O2S/c1-15(20(26)24-12-13-27-18-5-3-2-4-17(18)24)23-10-8-22(9-11-23)14-19(25)21-16-6-7-16/h2-5,15-16H,6-14H2,1H3,(H,21,25). The van der Waals surface area contributed by atoms with Crippen molar-refractivity contribution in [3.8, 4) is 0 Å². The number of fused-ring (bicyclic) bond motifs is 1. The molecule has 1 saturated carbocycles. The molecule has 4 rings (SSSR count). The predicted molar refractivity (Wildman–Crippen MR) is 108 cm³/mol. The first-order chi connectivity index (χ1) is 13.1. The number of carbonyl (C=O) groups excluding carboxylic acids is 2. The molecule has 6 nitrogen and oxygen atoms in total. The number of thioether (sulfide) groups is 1. The van der Waals surface area contributed by atoms with Crippen LogP contribution < -0.4 is 10.2 Å². The molecule has 2 fully saturated rings. The second kappa shape index (κ2) is 8.20. The van der Waals surface area contributed by atoms with Crippen molar-refractivity contribution in [2.24, 2.45) is 0 Å². The van der Waals surface area contributed by atoms with Gasteiger partial charge in [0.15, 0.2) is 0 Å². The lowest BCUT2D eigenvalue weighted by atomic mass is 10.1. The number of anilines is 1. The summed E-state index contributed by atoms with van der Waals surface area (Å²) >= 11 is 1.82. The van der Waals surface area contributed by atoms with E-state index in [1.807, 2.05) is 41.8 Å². The highest BCUT2D eigenvalue weighted by Gasteiger charge is 2.32. The maximum atomic E-state index is 13.1. The number of hydrogen-bond donors (Lipinski definition) is 1. The molecule has 2 amide bonds. The summed E-state index contributed by atoms with van der Waals surface area (Å²) < 4.78 is 0. The molecule has 2 heterocycles. The molecule has 0 aromatic heterocycles. The molecule has 1 unspecified atom stereocenters. The highest BCUT2D eigenvalue weighted by Crippen LogP contribution is 2.34. The molecule has 1 N–H and O–H groups in total. The Labute approximate surface area is 165 Å². The van der Waals surface area contributed by atoms with Crippen LogP contribution in [0.4, 0.5) is 5.69 Å². The summed E-state index contributed by atoms with van der Waals surface area (Å²) in [6, 6.07) is 8.45. The van der Waals surface area contributed by atoms with Gasteiger partial charge in [-0.05, 0) is 31.9 Å². The summed E-state index contributed by atoms with van der Waals surface area (Å²) in [5.74, 6) is 1.26. The average molecular weight is 389 g/mol. The molecular formula is C20H28N4O2S. The molecule has 146 valence electrons. The van der Waals surface area contributed by atoms with Crippen LogP contribution in [0.15, 0.2) is 29.2 Å². The van der Waals surface area contributed by atoms with Crippen LogP contribution in [0.5, 0.6) is 0 Å². The van der Waals surface area contributed by atoms with Gasteiger partial charge in [0, 0.05) is 49.4 Å². The highest BCUT2D eigenvalue weighted by atomic mass is 32.2. The van der Waals surface area contributed by atoms with E-state index in [1.165, 1.54) is 4.90 Å². The van der Waals surface area contributed by atoms with Gasteiger partial charge in [0.1, 0.15) is 0 Å². The monoisotopic (exact) mass is 388 g/mol. The SMILES string of the molecule is CC(C(=O)N1CCSc2ccccc21)N1CCN(CC(=O)NC2CC2)CC1. The summed E-state index contributed by atoms with van der Waals surface area (Å²) in [5.41, 5.74) is 1.04. The zero-order valence-corrected chi connectivity index (χ0v) is 16.7. The Morgan fingerprint density at radius 2 is 1.89 bits per heavy atom. The number of piperazine rings is 1. The number of amides is 2. The predicted octanol–water partition coefficient (Wildman–Crippen LogP) is 1.41. The van der Waals surface area contributed by atoms with Gasteiger partial charge in [-0.25, -0.2) is 0 Å². The summed E-state index contributed by atoms with van der Waals surface area (Å²) in [7, 11) is 0. The van der Waals surface area contributed by atoms with Crippen LogP contribution in [0.25, 0.3) is 0 Å². The molecule has 0 radical (unpaired) electrons. The van der Waals surface area contributed by atoms with Crippen molar-refractivity contribution >= 4 is 29.3 Å². The molecule has 27 heavy (non-hydrogen) atoms. The normalized spacial score (nSPS) is 22.2. The van der Waals surface area contributed by atoms with Crippen molar-refractivity contribution in [2.45, 2.75) is 36.7 Å². The van der Waals surface area contributed by atoms with Gasteiger partial charge in [-0.3, -0.25) is 19.4 Å². The smallest absolute Gasteiger partial charge is 0.244 e. The number of hydrogen-bond acceptors (Lipinski definition) is 5. The fourth-order valence-electron chi connectivity index (χ4n) is 3.79. The van der Waals surface area contributed by atoms with Crippen LogP contribution in [0.1, 0.15) is 19.8 Å². The minimum atomic E-state index is -0.136. The van der Waals surface area contributed by atoms with Gasteiger partial charge in [-0.1, -0.05) is 12.1 Å². The Bertz CT molecular complexity index is 701. The zero-order valence-electron chi connectivity index (χ0n) is 15.9. The molecular weight excluding hydrogens is 360 g/mol. The van der Waals surface area contributed by atoms with E-state index in [1.54, 1.807) is 0 Å². The second-order valence-electron chi connectivity index (χ2n) is 7.64. The Morgan fingerprint density at radius 1 is 1.15 bits per heavy atom. The number of carbonyl (C=O) groups is 2. The number of rotatable bonds is 5. The summed E-state index contributed by atoms with van der Waals surface area (Å²) in [6.07, 6.45) is 2.24. The molecule has 3 aliphatic rings. The molecule has 1 aromatic carbocycles.